The molecular formula is C27H24O3. The third kappa shape index (κ3) is 3.06. The van der Waals surface area contributed by atoms with E-state index in [2.05, 4.69) is 30.3 Å². The van der Waals surface area contributed by atoms with Gasteiger partial charge in [0, 0.05) is 16.7 Å². The van der Waals surface area contributed by atoms with E-state index in [4.69, 9.17) is 0 Å². The number of carbonyl (C=O) groups is 2. The molecule has 0 spiro atoms. The van der Waals surface area contributed by atoms with Crippen molar-refractivity contribution >= 4 is 28.1 Å². The lowest BCUT2D eigenvalue weighted by molar-refractivity contribution is -0.112. The first-order valence-electron chi connectivity index (χ1n) is 10.8. The van der Waals surface area contributed by atoms with E-state index in [0.29, 0.717) is 24.0 Å². The third-order valence-electron chi connectivity index (χ3n) is 6.52. The highest BCUT2D eigenvalue weighted by atomic mass is 16.3. The van der Waals surface area contributed by atoms with Crippen molar-refractivity contribution in [3.05, 3.63) is 88.0 Å². The minimum Gasteiger partial charge on any atom is -0.507 e. The average Bonchev–Trinajstić information content (AvgIpc) is 2.80. The van der Waals surface area contributed by atoms with Crippen molar-refractivity contribution in [1.29, 1.82) is 0 Å². The van der Waals surface area contributed by atoms with E-state index in [1.165, 1.54) is 40.3 Å². The van der Waals surface area contributed by atoms with Gasteiger partial charge in [0.25, 0.3) is 0 Å². The molecule has 0 fully saturated rings. The van der Waals surface area contributed by atoms with Gasteiger partial charge < -0.3 is 5.11 Å². The number of benzene rings is 3. The zero-order valence-corrected chi connectivity index (χ0v) is 16.9. The molecule has 3 aromatic rings. The number of Topliss-reactive ketones (excluding diaryl/α,β-unsaturated/α-hetero) is 2. The summed E-state index contributed by atoms with van der Waals surface area (Å²) < 4.78 is 0. The van der Waals surface area contributed by atoms with Crippen molar-refractivity contribution in [3.8, 4) is 0 Å². The lowest BCUT2D eigenvalue weighted by Crippen LogP contribution is -2.24. The summed E-state index contributed by atoms with van der Waals surface area (Å²) in [6, 6.07) is 17.7. The van der Waals surface area contributed by atoms with E-state index in [9.17, 15) is 14.7 Å². The van der Waals surface area contributed by atoms with E-state index in [1.54, 1.807) is 24.3 Å². The fraction of sp³-hybridized carbons (Fsp3) is 0.259. The number of aryl methyl sites for hydroxylation is 3. The van der Waals surface area contributed by atoms with Crippen LogP contribution < -0.4 is 0 Å². The van der Waals surface area contributed by atoms with Gasteiger partial charge in [0.15, 0.2) is 0 Å². The quantitative estimate of drug-likeness (QED) is 0.569. The summed E-state index contributed by atoms with van der Waals surface area (Å²) in [7, 11) is 0. The molecule has 5 rings (SSSR count). The molecule has 3 nitrogen and oxygen atoms in total. The van der Waals surface area contributed by atoms with E-state index < -0.39 is 11.6 Å². The summed E-state index contributed by atoms with van der Waals surface area (Å²) in [5.74, 6) is -1.12. The van der Waals surface area contributed by atoms with E-state index in [-0.39, 0.29) is 11.3 Å². The lowest BCUT2D eigenvalue weighted by atomic mass is 9.83. The number of carbonyl (C=O) groups excluding carboxylic acids is 2. The highest BCUT2D eigenvalue weighted by Gasteiger charge is 2.32. The van der Waals surface area contributed by atoms with Gasteiger partial charge in [-0.25, -0.2) is 0 Å². The third-order valence-corrected chi connectivity index (χ3v) is 6.52. The Morgan fingerprint density at radius 2 is 1.47 bits per heavy atom. The molecule has 3 aromatic carbocycles. The molecule has 0 aliphatic heterocycles. The second-order valence-corrected chi connectivity index (χ2v) is 8.31. The van der Waals surface area contributed by atoms with Crippen LogP contribution in [0.2, 0.25) is 0 Å². The van der Waals surface area contributed by atoms with E-state index in [0.717, 1.165) is 19.3 Å². The summed E-state index contributed by atoms with van der Waals surface area (Å²) in [5, 5.41) is 13.3. The number of hydrogen-bond acceptors (Lipinski definition) is 3. The van der Waals surface area contributed by atoms with Gasteiger partial charge in [0.2, 0.25) is 11.6 Å². The van der Waals surface area contributed by atoms with Gasteiger partial charge in [-0.2, -0.15) is 0 Å². The number of fused-ring (bicyclic) bond motifs is 4. The Morgan fingerprint density at radius 3 is 2.30 bits per heavy atom. The van der Waals surface area contributed by atoms with Gasteiger partial charge in [-0.3, -0.25) is 9.59 Å². The molecule has 0 radical (unpaired) electrons. The van der Waals surface area contributed by atoms with Crippen LogP contribution in [0.4, 0.5) is 0 Å². The number of hydrogen-bond donors (Lipinski definition) is 1. The summed E-state index contributed by atoms with van der Waals surface area (Å²) in [5.41, 5.74) is 5.25. The number of rotatable bonds is 4. The molecule has 3 heteroatoms. The van der Waals surface area contributed by atoms with Crippen molar-refractivity contribution in [1.82, 2.24) is 0 Å². The van der Waals surface area contributed by atoms with Crippen LogP contribution in [-0.2, 0) is 24.1 Å². The normalized spacial score (nSPS) is 16.0. The van der Waals surface area contributed by atoms with E-state index in [1.807, 2.05) is 0 Å². The van der Waals surface area contributed by atoms with Crippen molar-refractivity contribution in [2.24, 2.45) is 0 Å². The summed E-state index contributed by atoms with van der Waals surface area (Å²) in [6.45, 7) is 0. The molecule has 0 atom stereocenters. The van der Waals surface area contributed by atoms with Gasteiger partial charge >= 0.3 is 0 Å². The van der Waals surface area contributed by atoms with Crippen molar-refractivity contribution < 1.29 is 14.7 Å². The topological polar surface area (TPSA) is 54.4 Å². The number of aliphatic hydroxyl groups excluding tert-OH is 1. The van der Waals surface area contributed by atoms with Crippen LogP contribution >= 0.6 is 0 Å². The van der Waals surface area contributed by atoms with Gasteiger partial charge in [0.05, 0.1) is 0 Å². The van der Waals surface area contributed by atoms with Crippen LogP contribution in [0.3, 0.4) is 0 Å². The summed E-state index contributed by atoms with van der Waals surface area (Å²) >= 11 is 0. The van der Waals surface area contributed by atoms with Crippen LogP contribution in [0.1, 0.15) is 58.3 Å². The van der Waals surface area contributed by atoms with Gasteiger partial charge in [-0.15, -0.1) is 0 Å². The molecule has 0 amide bonds. The largest absolute Gasteiger partial charge is 0.507 e. The molecule has 0 heterocycles. The Bertz CT molecular complexity index is 1220. The molecule has 0 saturated heterocycles. The fourth-order valence-corrected chi connectivity index (χ4v) is 5.02. The Morgan fingerprint density at radius 1 is 0.767 bits per heavy atom. The Balaban J connectivity index is 1.43. The van der Waals surface area contributed by atoms with Crippen molar-refractivity contribution in [2.75, 3.05) is 0 Å². The number of ketones is 2. The molecule has 150 valence electrons. The Hall–Kier alpha value is -3.20. The van der Waals surface area contributed by atoms with Gasteiger partial charge in [0.1, 0.15) is 5.76 Å². The molecule has 2 aliphatic rings. The molecule has 0 aromatic heterocycles. The molecule has 0 saturated carbocycles. The Kier molecular flexibility index (Phi) is 4.74. The summed E-state index contributed by atoms with van der Waals surface area (Å²) in [4.78, 5) is 25.0. The first kappa shape index (κ1) is 18.8. The van der Waals surface area contributed by atoms with Crippen LogP contribution in [0.15, 0.2) is 60.2 Å². The lowest BCUT2D eigenvalue weighted by Gasteiger charge is -2.21. The molecular weight excluding hydrogens is 372 g/mol. The highest BCUT2D eigenvalue weighted by Crippen LogP contribution is 2.34. The van der Waals surface area contributed by atoms with Crippen LogP contribution in [0, 0.1) is 0 Å². The summed E-state index contributed by atoms with van der Waals surface area (Å²) in [6.07, 6.45) is 6.69. The SMILES string of the molecule is O=C1C(=O)c2ccccc2C(O)=C1CCCc1cc2c(c3ccccc13)CCCC2. The molecule has 1 N–H and O–H groups in total. The average molecular weight is 396 g/mol. The molecule has 0 unspecified atom stereocenters. The first-order chi connectivity index (χ1) is 14.6. The van der Waals surface area contributed by atoms with Crippen LogP contribution in [0.5, 0.6) is 0 Å². The maximum Gasteiger partial charge on any atom is 0.234 e. The van der Waals surface area contributed by atoms with E-state index >= 15 is 0 Å². The van der Waals surface area contributed by atoms with Crippen molar-refractivity contribution in [3.63, 3.8) is 0 Å². The number of allylic oxidation sites excluding steroid dienone is 1. The molecule has 0 bridgehead atoms. The van der Waals surface area contributed by atoms with Crippen LogP contribution in [-0.4, -0.2) is 16.7 Å². The van der Waals surface area contributed by atoms with Crippen LogP contribution in [0.25, 0.3) is 16.5 Å². The second-order valence-electron chi connectivity index (χ2n) is 8.31. The fourth-order valence-electron chi connectivity index (χ4n) is 5.02. The minimum absolute atomic E-state index is 0.0366. The smallest absolute Gasteiger partial charge is 0.234 e. The maximum atomic E-state index is 12.6. The van der Waals surface area contributed by atoms with Crippen molar-refractivity contribution in [2.45, 2.75) is 44.9 Å². The van der Waals surface area contributed by atoms with Gasteiger partial charge in [-0.1, -0.05) is 54.6 Å². The zero-order chi connectivity index (χ0) is 20.7. The Labute approximate surface area is 176 Å². The maximum absolute atomic E-state index is 12.6. The first-order valence-corrected chi connectivity index (χ1v) is 10.8. The zero-order valence-electron chi connectivity index (χ0n) is 16.9. The minimum atomic E-state index is -0.568. The monoisotopic (exact) mass is 396 g/mol. The van der Waals surface area contributed by atoms with Gasteiger partial charge in [-0.05, 0) is 72.4 Å². The highest BCUT2D eigenvalue weighted by molar-refractivity contribution is 6.52. The predicted molar refractivity (Wildman–Crippen MR) is 119 cm³/mol. The second kappa shape index (κ2) is 7.56. The molecule has 30 heavy (non-hydrogen) atoms. The number of aliphatic hydroxyl groups is 1. The predicted octanol–water partition coefficient (Wildman–Crippen LogP) is 5.78. The standard InChI is InChI=1S/C27H24O3/c28-25-22-13-5-6-14-23(22)26(29)27(30)24(25)15-7-9-18-16-17-8-1-2-10-19(17)21-12-4-3-11-20(18)21/h3-6,11-14,16,28H,1-2,7-10,15H2. The molecule has 2 aliphatic carbocycles.